The molecule has 0 atom stereocenters. The smallest absolute Gasteiger partial charge is 0.198 e. The number of imidazole rings is 1. The molecule has 0 fully saturated rings. The summed E-state index contributed by atoms with van der Waals surface area (Å²) in [7, 11) is 0. The van der Waals surface area contributed by atoms with Gasteiger partial charge in [0.15, 0.2) is 5.95 Å². The number of nitrogens with zero attached hydrogens (tertiary/aromatic N) is 2. The first-order valence-electron chi connectivity index (χ1n) is 7.50. The SMILES string of the molecule is Cc1cc(-c2[nH]c(N)nc2-c2ccc3c(c2)NCCO3)ccn1. The fraction of sp³-hybridized carbons (Fsp3) is 0.176. The summed E-state index contributed by atoms with van der Waals surface area (Å²) in [5.74, 6) is 1.26. The molecule has 0 saturated carbocycles. The predicted octanol–water partition coefficient (Wildman–Crippen LogP) is 2.83. The van der Waals surface area contributed by atoms with Crippen molar-refractivity contribution in [3.05, 3.63) is 42.2 Å². The number of benzene rings is 1. The number of aromatic nitrogens is 3. The minimum absolute atomic E-state index is 0.395. The van der Waals surface area contributed by atoms with E-state index in [0.717, 1.165) is 46.2 Å². The highest BCUT2D eigenvalue weighted by Gasteiger charge is 2.16. The van der Waals surface area contributed by atoms with Crippen LogP contribution in [0.1, 0.15) is 5.69 Å². The van der Waals surface area contributed by atoms with Gasteiger partial charge in [-0.3, -0.25) is 4.98 Å². The van der Waals surface area contributed by atoms with Gasteiger partial charge < -0.3 is 20.8 Å². The number of hydrogen-bond acceptors (Lipinski definition) is 5. The van der Waals surface area contributed by atoms with Crippen LogP contribution in [-0.4, -0.2) is 28.1 Å². The topological polar surface area (TPSA) is 88.9 Å². The molecule has 116 valence electrons. The number of nitrogens with two attached hydrogens (primary N) is 1. The number of ether oxygens (including phenoxy) is 1. The molecule has 3 heterocycles. The highest BCUT2D eigenvalue weighted by molar-refractivity contribution is 5.82. The van der Waals surface area contributed by atoms with Gasteiger partial charge in [-0.25, -0.2) is 4.98 Å². The van der Waals surface area contributed by atoms with Gasteiger partial charge in [0.1, 0.15) is 12.4 Å². The van der Waals surface area contributed by atoms with E-state index < -0.39 is 0 Å². The number of anilines is 2. The molecule has 1 aliphatic rings. The third-order valence-electron chi connectivity index (χ3n) is 3.84. The fourth-order valence-electron chi connectivity index (χ4n) is 2.80. The van der Waals surface area contributed by atoms with Crippen LogP contribution in [0.25, 0.3) is 22.5 Å². The first-order valence-corrected chi connectivity index (χ1v) is 7.50. The molecule has 6 nitrogen and oxygen atoms in total. The van der Waals surface area contributed by atoms with Crippen molar-refractivity contribution in [1.82, 2.24) is 15.0 Å². The summed E-state index contributed by atoms with van der Waals surface area (Å²) >= 11 is 0. The van der Waals surface area contributed by atoms with Crippen LogP contribution >= 0.6 is 0 Å². The lowest BCUT2D eigenvalue weighted by Gasteiger charge is -2.19. The number of aromatic amines is 1. The Balaban J connectivity index is 1.83. The van der Waals surface area contributed by atoms with Crippen molar-refractivity contribution >= 4 is 11.6 Å². The Morgan fingerprint density at radius 3 is 2.96 bits per heavy atom. The zero-order valence-electron chi connectivity index (χ0n) is 12.8. The van der Waals surface area contributed by atoms with E-state index in [1.165, 1.54) is 0 Å². The van der Waals surface area contributed by atoms with E-state index in [1.807, 2.05) is 37.3 Å². The molecule has 23 heavy (non-hydrogen) atoms. The first-order chi connectivity index (χ1) is 11.2. The average Bonchev–Trinajstić information content (AvgIpc) is 2.96. The van der Waals surface area contributed by atoms with Crippen LogP contribution < -0.4 is 15.8 Å². The second-order valence-electron chi connectivity index (χ2n) is 5.52. The normalized spacial score (nSPS) is 13.1. The molecule has 4 rings (SSSR count). The van der Waals surface area contributed by atoms with Crippen LogP contribution in [0.3, 0.4) is 0 Å². The maximum Gasteiger partial charge on any atom is 0.198 e. The van der Waals surface area contributed by atoms with E-state index in [-0.39, 0.29) is 0 Å². The van der Waals surface area contributed by atoms with Crippen molar-refractivity contribution in [1.29, 1.82) is 0 Å². The lowest BCUT2D eigenvalue weighted by atomic mass is 10.0. The minimum atomic E-state index is 0.395. The maximum absolute atomic E-state index is 5.91. The van der Waals surface area contributed by atoms with Gasteiger partial charge in [0.25, 0.3) is 0 Å². The van der Waals surface area contributed by atoms with Crippen LogP contribution in [0.4, 0.5) is 11.6 Å². The van der Waals surface area contributed by atoms with E-state index in [0.29, 0.717) is 12.6 Å². The van der Waals surface area contributed by atoms with Crippen molar-refractivity contribution in [2.45, 2.75) is 6.92 Å². The number of nitrogen functional groups attached to an aromatic ring is 1. The Kier molecular flexibility index (Phi) is 3.15. The second-order valence-corrected chi connectivity index (χ2v) is 5.52. The highest BCUT2D eigenvalue weighted by Crippen LogP contribution is 2.36. The Bertz CT molecular complexity index is 871. The molecule has 3 aromatic rings. The van der Waals surface area contributed by atoms with Gasteiger partial charge in [-0.05, 0) is 37.3 Å². The molecule has 0 unspecified atom stereocenters. The molecule has 0 amide bonds. The van der Waals surface area contributed by atoms with Gasteiger partial charge in [-0.1, -0.05) is 0 Å². The summed E-state index contributed by atoms with van der Waals surface area (Å²) in [6.45, 7) is 3.45. The molecular formula is C17H17N5O. The van der Waals surface area contributed by atoms with E-state index >= 15 is 0 Å². The fourth-order valence-corrected chi connectivity index (χ4v) is 2.80. The second kappa shape index (κ2) is 5.31. The largest absolute Gasteiger partial charge is 0.490 e. The van der Waals surface area contributed by atoms with Gasteiger partial charge in [0.2, 0.25) is 0 Å². The molecule has 2 aromatic heterocycles. The van der Waals surface area contributed by atoms with Crippen molar-refractivity contribution in [3.63, 3.8) is 0 Å². The summed E-state index contributed by atoms with van der Waals surface area (Å²) in [6.07, 6.45) is 1.79. The van der Waals surface area contributed by atoms with Gasteiger partial charge in [0.05, 0.1) is 17.1 Å². The number of H-pyrrole nitrogens is 1. The van der Waals surface area contributed by atoms with Gasteiger partial charge >= 0.3 is 0 Å². The Labute approximate surface area is 133 Å². The number of hydrogen-bond donors (Lipinski definition) is 3. The summed E-state index contributed by atoms with van der Waals surface area (Å²) in [5.41, 5.74) is 11.5. The standard InChI is InChI=1S/C17H17N5O/c1-10-8-12(4-5-19-10)16-15(21-17(18)22-16)11-2-3-14-13(9-11)20-6-7-23-14/h2-5,8-9,20H,6-7H2,1H3,(H3,18,21,22). The number of rotatable bonds is 2. The Morgan fingerprint density at radius 2 is 2.09 bits per heavy atom. The molecule has 6 heteroatoms. The molecule has 4 N–H and O–H groups in total. The molecule has 0 bridgehead atoms. The van der Waals surface area contributed by atoms with Gasteiger partial charge in [0, 0.05) is 29.6 Å². The first kappa shape index (κ1) is 13.6. The number of aryl methyl sites for hydroxylation is 1. The predicted molar refractivity (Wildman–Crippen MR) is 90.4 cm³/mol. The van der Waals surface area contributed by atoms with Crippen LogP contribution in [0, 0.1) is 6.92 Å². The third kappa shape index (κ3) is 2.48. The lowest BCUT2D eigenvalue weighted by molar-refractivity contribution is 0.323. The van der Waals surface area contributed by atoms with Gasteiger partial charge in [-0.2, -0.15) is 0 Å². The molecule has 0 aliphatic carbocycles. The zero-order valence-corrected chi connectivity index (χ0v) is 12.8. The van der Waals surface area contributed by atoms with Crippen LogP contribution in [0.15, 0.2) is 36.5 Å². The van der Waals surface area contributed by atoms with Crippen LogP contribution in [0.5, 0.6) is 5.75 Å². The summed E-state index contributed by atoms with van der Waals surface area (Å²) < 4.78 is 5.63. The van der Waals surface area contributed by atoms with E-state index in [2.05, 4.69) is 20.3 Å². The van der Waals surface area contributed by atoms with Gasteiger partial charge in [-0.15, -0.1) is 0 Å². The maximum atomic E-state index is 5.91. The van der Waals surface area contributed by atoms with E-state index in [1.54, 1.807) is 6.20 Å². The highest BCUT2D eigenvalue weighted by atomic mass is 16.5. The van der Waals surface area contributed by atoms with Crippen LogP contribution in [-0.2, 0) is 0 Å². The molecular weight excluding hydrogens is 290 g/mol. The Morgan fingerprint density at radius 1 is 1.17 bits per heavy atom. The Hall–Kier alpha value is -3.02. The lowest BCUT2D eigenvalue weighted by Crippen LogP contribution is -2.17. The number of nitrogens with one attached hydrogen (secondary N) is 2. The monoisotopic (exact) mass is 307 g/mol. The minimum Gasteiger partial charge on any atom is -0.490 e. The number of fused-ring (bicyclic) bond motifs is 1. The average molecular weight is 307 g/mol. The van der Waals surface area contributed by atoms with Crippen molar-refractivity contribution in [2.75, 3.05) is 24.2 Å². The summed E-state index contributed by atoms with van der Waals surface area (Å²) in [6, 6.07) is 9.96. The van der Waals surface area contributed by atoms with Crippen LogP contribution in [0.2, 0.25) is 0 Å². The zero-order chi connectivity index (χ0) is 15.8. The molecule has 0 spiro atoms. The van der Waals surface area contributed by atoms with E-state index in [4.69, 9.17) is 10.5 Å². The molecule has 0 saturated heterocycles. The molecule has 1 aromatic carbocycles. The van der Waals surface area contributed by atoms with Crippen molar-refractivity contribution in [2.24, 2.45) is 0 Å². The molecule has 1 aliphatic heterocycles. The van der Waals surface area contributed by atoms with E-state index in [9.17, 15) is 0 Å². The quantitative estimate of drug-likeness (QED) is 0.677. The summed E-state index contributed by atoms with van der Waals surface area (Å²) in [5, 5.41) is 3.34. The summed E-state index contributed by atoms with van der Waals surface area (Å²) in [4.78, 5) is 11.9. The van der Waals surface area contributed by atoms with Crippen molar-refractivity contribution in [3.8, 4) is 28.3 Å². The van der Waals surface area contributed by atoms with Crippen molar-refractivity contribution < 1.29 is 4.74 Å². The number of pyridine rings is 1. The third-order valence-corrected chi connectivity index (χ3v) is 3.84. The molecule has 0 radical (unpaired) electrons.